The maximum Gasteiger partial charge on any atom is 0.306 e. The normalized spacial score (nSPS) is 36.2. The van der Waals surface area contributed by atoms with Gasteiger partial charge in [-0.1, -0.05) is 45.1 Å². The summed E-state index contributed by atoms with van der Waals surface area (Å²) in [7, 11) is 1.58. The summed E-state index contributed by atoms with van der Waals surface area (Å²) in [6.45, 7) is 15.5. The van der Waals surface area contributed by atoms with E-state index in [9.17, 15) is 19.2 Å². The van der Waals surface area contributed by atoms with E-state index in [4.69, 9.17) is 28.4 Å². The van der Waals surface area contributed by atoms with Gasteiger partial charge in [-0.3, -0.25) is 23.9 Å². The van der Waals surface area contributed by atoms with Gasteiger partial charge >= 0.3 is 23.9 Å². The molecule has 0 amide bonds. The standard InChI is InChI=1S/C31H44O10/c1-10-12-25(35)40-26-18(4)30(8,14-13-17(3)11-2)24-16-22(36-9)15-23-28(38-20(6)33)41-29(39-21(7)34)31(23,24)27(26)37-19(5)32/h11,13,15,18,22,24,26-29H,2,10,12,14,16H2,1,3-9H3/b17-13-/t18-,22+,24+,26-,27-,28+,29-,30-,31-/m1/s1. The van der Waals surface area contributed by atoms with Crippen LogP contribution in [0.1, 0.15) is 74.1 Å². The number of methoxy groups -OCH3 is 1. The first-order valence-corrected chi connectivity index (χ1v) is 14.2. The van der Waals surface area contributed by atoms with Gasteiger partial charge in [0.25, 0.3) is 0 Å². The van der Waals surface area contributed by atoms with Gasteiger partial charge in [0.2, 0.25) is 12.6 Å². The molecule has 0 bridgehead atoms. The lowest BCUT2D eigenvalue weighted by Crippen LogP contribution is -2.69. The van der Waals surface area contributed by atoms with Crippen molar-refractivity contribution in [3.8, 4) is 0 Å². The molecule has 0 aromatic carbocycles. The number of hydrogen-bond acceptors (Lipinski definition) is 10. The summed E-state index contributed by atoms with van der Waals surface area (Å²) in [5.74, 6) is -3.03. The second-order valence-electron chi connectivity index (χ2n) is 11.5. The lowest BCUT2D eigenvalue weighted by Gasteiger charge is -2.62. The number of rotatable bonds is 10. The highest BCUT2D eigenvalue weighted by Gasteiger charge is 2.75. The topological polar surface area (TPSA) is 124 Å². The number of carbonyl (C=O) groups excluding carboxylic acids is 4. The van der Waals surface area contributed by atoms with Crippen molar-refractivity contribution in [3.63, 3.8) is 0 Å². The van der Waals surface area contributed by atoms with Crippen LogP contribution in [0, 0.1) is 22.7 Å². The molecule has 0 radical (unpaired) electrons. The first-order chi connectivity index (χ1) is 19.3. The predicted octanol–water partition coefficient (Wildman–Crippen LogP) is 4.56. The van der Waals surface area contributed by atoms with E-state index >= 15 is 0 Å². The minimum absolute atomic E-state index is 0.174. The minimum atomic E-state index is -1.36. The van der Waals surface area contributed by atoms with E-state index in [0.29, 0.717) is 24.8 Å². The van der Waals surface area contributed by atoms with E-state index in [1.54, 1.807) is 19.3 Å². The van der Waals surface area contributed by atoms with Crippen LogP contribution in [0.4, 0.5) is 0 Å². The maximum absolute atomic E-state index is 13.0. The van der Waals surface area contributed by atoms with Crippen LogP contribution in [0.2, 0.25) is 0 Å². The Morgan fingerprint density at radius 1 is 1.05 bits per heavy atom. The third kappa shape index (κ3) is 6.14. The molecule has 228 valence electrons. The molecule has 2 fully saturated rings. The number of hydrogen-bond donors (Lipinski definition) is 0. The van der Waals surface area contributed by atoms with Crippen LogP contribution in [0.5, 0.6) is 0 Å². The largest absolute Gasteiger partial charge is 0.458 e. The molecule has 3 aliphatic rings. The SMILES string of the molecule is C=C/C(C)=C\C[C@]1(C)[C@H](C)[C@@H](OC(=O)CCC)[C@@H](OC(C)=O)[C@@]23C(=C[C@H](OC)C[C@@H]12)[C@@H](OC(C)=O)O[C@H]3OC(C)=O. The Bertz CT molecular complexity index is 1110. The molecule has 10 nitrogen and oxygen atoms in total. The van der Waals surface area contributed by atoms with E-state index in [-0.39, 0.29) is 12.3 Å². The van der Waals surface area contributed by atoms with Gasteiger partial charge in [-0.05, 0) is 43.6 Å². The molecule has 41 heavy (non-hydrogen) atoms. The summed E-state index contributed by atoms with van der Waals surface area (Å²) in [4.78, 5) is 50.4. The molecule has 1 saturated carbocycles. The third-order valence-corrected chi connectivity index (χ3v) is 8.95. The second-order valence-corrected chi connectivity index (χ2v) is 11.5. The molecule has 0 aromatic rings. The lowest BCUT2D eigenvalue weighted by molar-refractivity contribution is -0.279. The van der Waals surface area contributed by atoms with Crippen LogP contribution in [-0.4, -0.2) is 61.9 Å². The van der Waals surface area contributed by atoms with Crippen molar-refractivity contribution in [1.29, 1.82) is 0 Å². The summed E-state index contributed by atoms with van der Waals surface area (Å²) in [5, 5.41) is 0. The quantitative estimate of drug-likeness (QED) is 0.158. The average molecular weight is 577 g/mol. The van der Waals surface area contributed by atoms with Crippen LogP contribution in [0.15, 0.2) is 36.0 Å². The molecule has 1 saturated heterocycles. The molecule has 3 rings (SSSR count). The van der Waals surface area contributed by atoms with Crippen molar-refractivity contribution >= 4 is 23.9 Å². The van der Waals surface area contributed by atoms with Crippen molar-refractivity contribution in [3.05, 3.63) is 36.0 Å². The number of ether oxygens (including phenoxy) is 6. The fraction of sp³-hybridized carbons (Fsp3) is 0.677. The first-order valence-electron chi connectivity index (χ1n) is 14.2. The van der Waals surface area contributed by atoms with Gasteiger partial charge in [-0.2, -0.15) is 0 Å². The number of carbonyl (C=O) groups is 4. The molecular formula is C31H44O10. The molecule has 0 unspecified atom stereocenters. The molecule has 9 atom stereocenters. The second kappa shape index (κ2) is 12.9. The van der Waals surface area contributed by atoms with Crippen molar-refractivity contribution in [2.24, 2.45) is 22.7 Å². The van der Waals surface area contributed by atoms with Crippen LogP contribution >= 0.6 is 0 Å². The zero-order valence-corrected chi connectivity index (χ0v) is 25.4. The summed E-state index contributed by atoms with van der Waals surface area (Å²) in [6, 6.07) is 0. The maximum atomic E-state index is 13.0. The lowest BCUT2D eigenvalue weighted by atomic mass is 9.44. The molecule has 0 N–H and O–H groups in total. The molecule has 1 heterocycles. The van der Waals surface area contributed by atoms with Gasteiger partial charge in [0.05, 0.1) is 6.10 Å². The Hall–Kier alpha value is -2.98. The van der Waals surface area contributed by atoms with Crippen molar-refractivity contribution in [2.45, 2.75) is 105 Å². The van der Waals surface area contributed by atoms with E-state index in [1.165, 1.54) is 20.8 Å². The van der Waals surface area contributed by atoms with Crippen LogP contribution in [0.3, 0.4) is 0 Å². The van der Waals surface area contributed by atoms with E-state index in [2.05, 4.69) is 19.6 Å². The van der Waals surface area contributed by atoms with Gasteiger partial charge in [-0.15, -0.1) is 0 Å². The van der Waals surface area contributed by atoms with Crippen LogP contribution in [-0.2, 0) is 47.6 Å². The van der Waals surface area contributed by atoms with Gasteiger partial charge in [0.15, 0.2) is 6.10 Å². The highest BCUT2D eigenvalue weighted by atomic mass is 16.8. The Balaban J connectivity index is 2.41. The van der Waals surface area contributed by atoms with Crippen LogP contribution < -0.4 is 0 Å². The van der Waals surface area contributed by atoms with Crippen molar-refractivity contribution < 1.29 is 47.6 Å². The fourth-order valence-corrected chi connectivity index (χ4v) is 6.86. The molecular weight excluding hydrogens is 532 g/mol. The summed E-state index contributed by atoms with van der Waals surface area (Å²) >= 11 is 0. The molecule has 1 spiro atoms. The first kappa shape index (κ1) is 32.5. The molecule has 0 aromatic heterocycles. The summed E-state index contributed by atoms with van der Waals surface area (Å²) in [6.07, 6.45) is 2.31. The fourth-order valence-electron chi connectivity index (χ4n) is 6.86. The van der Waals surface area contributed by atoms with Gasteiger partial charge < -0.3 is 23.7 Å². The highest BCUT2D eigenvalue weighted by Crippen LogP contribution is 2.68. The van der Waals surface area contributed by atoms with E-state index in [1.807, 2.05) is 20.8 Å². The zero-order valence-electron chi connectivity index (χ0n) is 25.4. The molecule has 10 heteroatoms. The van der Waals surface area contributed by atoms with E-state index in [0.717, 1.165) is 5.57 Å². The Morgan fingerprint density at radius 3 is 2.22 bits per heavy atom. The molecule has 2 aliphatic carbocycles. The number of esters is 4. The summed E-state index contributed by atoms with van der Waals surface area (Å²) in [5.41, 5.74) is -0.587. The number of allylic oxidation sites excluding steroid dienone is 3. The average Bonchev–Trinajstić information content (AvgIpc) is 3.18. The molecule has 1 aliphatic heterocycles. The van der Waals surface area contributed by atoms with Gasteiger partial charge in [0, 0.05) is 45.8 Å². The van der Waals surface area contributed by atoms with E-state index < -0.39 is 71.5 Å². The summed E-state index contributed by atoms with van der Waals surface area (Å²) < 4.78 is 35.6. The van der Waals surface area contributed by atoms with Gasteiger partial charge in [-0.25, -0.2) is 0 Å². The third-order valence-electron chi connectivity index (χ3n) is 8.95. The highest BCUT2D eigenvalue weighted by molar-refractivity contribution is 5.70. The zero-order chi connectivity index (χ0) is 30.7. The Morgan fingerprint density at radius 2 is 1.68 bits per heavy atom. The Labute approximate surface area is 242 Å². The van der Waals surface area contributed by atoms with Crippen LogP contribution in [0.25, 0.3) is 0 Å². The predicted molar refractivity (Wildman–Crippen MR) is 148 cm³/mol. The van der Waals surface area contributed by atoms with Crippen molar-refractivity contribution in [2.75, 3.05) is 7.11 Å². The Kier molecular flexibility index (Phi) is 10.2. The van der Waals surface area contributed by atoms with Gasteiger partial charge in [0.1, 0.15) is 11.5 Å². The minimum Gasteiger partial charge on any atom is -0.458 e. The van der Waals surface area contributed by atoms with Crippen molar-refractivity contribution in [1.82, 2.24) is 0 Å². The smallest absolute Gasteiger partial charge is 0.306 e. The monoisotopic (exact) mass is 576 g/mol.